The Hall–Kier alpha value is -3.07. The van der Waals surface area contributed by atoms with Crippen LogP contribution in [0, 0.1) is 0 Å². The largest absolute Gasteiger partial charge is 0.384 e. The van der Waals surface area contributed by atoms with Crippen LogP contribution in [-0.4, -0.2) is 57.5 Å². The highest BCUT2D eigenvalue weighted by molar-refractivity contribution is 5.73. The van der Waals surface area contributed by atoms with Gasteiger partial charge in [0.05, 0.1) is 13.2 Å². The predicted octanol–water partition coefficient (Wildman–Crippen LogP) is 2.37. The summed E-state index contributed by atoms with van der Waals surface area (Å²) in [5.74, 6) is -0.483. The number of ether oxygens (including phenoxy) is 2. The first-order valence-electron chi connectivity index (χ1n) is 12.1. The minimum Gasteiger partial charge on any atom is -0.384 e. The van der Waals surface area contributed by atoms with Gasteiger partial charge in [0.25, 0.3) is 0 Å². The number of hydrogen-bond acceptors (Lipinski definition) is 6. The zero-order chi connectivity index (χ0) is 25.6. The van der Waals surface area contributed by atoms with Crippen LogP contribution in [0.4, 0.5) is 0 Å². The maximum atomic E-state index is 12.3. The first kappa shape index (κ1) is 26.0. The maximum absolute atomic E-state index is 12.3. The molecule has 0 radical (unpaired) electrons. The monoisotopic (exact) mass is 491 g/mol. The number of aliphatic hydroxyl groups is 3. The van der Waals surface area contributed by atoms with Gasteiger partial charge in [0.2, 0.25) is 5.91 Å². The summed E-state index contributed by atoms with van der Waals surface area (Å²) >= 11 is 0. The second-order valence-corrected chi connectivity index (χ2v) is 9.36. The van der Waals surface area contributed by atoms with Crippen molar-refractivity contribution in [3.63, 3.8) is 0 Å². The van der Waals surface area contributed by atoms with Crippen LogP contribution < -0.4 is 5.32 Å². The SMILES string of the molecule is CC(=O)NC(O)[C@@H]1O[C@H](COCc2ccccc2)[C@](O)(Cc2ccccc2)[C@@]1(O)Cc1ccccc1. The first-order chi connectivity index (χ1) is 17.3. The smallest absolute Gasteiger partial charge is 0.218 e. The third kappa shape index (κ3) is 5.67. The van der Waals surface area contributed by atoms with Gasteiger partial charge in [-0.1, -0.05) is 91.0 Å². The molecule has 0 spiro atoms. The molecule has 190 valence electrons. The van der Waals surface area contributed by atoms with Crippen LogP contribution >= 0.6 is 0 Å². The topological polar surface area (TPSA) is 108 Å². The Balaban J connectivity index is 1.69. The normalized spacial score (nSPS) is 26.4. The van der Waals surface area contributed by atoms with Gasteiger partial charge in [-0.15, -0.1) is 0 Å². The van der Waals surface area contributed by atoms with E-state index in [0.717, 1.165) is 16.7 Å². The van der Waals surface area contributed by atoms with Crippen molar-refractivity contribution in [3.05, 3.63) is 108 Å². The van der Waals surface area contributed by atoms with Crippen molar-refractivity contribution in [2.24, 2.45) is 0 Å². The number of carbonyl (C=O) groups excluding carboxylic acids is 1. The molecule has 3 aromatic carbocycles. The van der Waals surface area contributed by atoms with E-state index >= 15 is 0 Å². The van der Waals surface area contributed by atoms with Gasteiger partial charge in [-0.2, -0.15) is 0 Å². The van der Waals surface area contributed by atoms with E-state index in [1.54, 1.807) is 0 Å². The minimum absolute atomic E-state index is 0.00628. The molecule has 0 aliphatic carbocycles. The highest BCUT2D eigenvalue weighted by Crippen LogP contribution is 2.45. The van der Waals surface area contributed by atoms with Gasteiger partial charge in [0.15, 0.2) is 6.23 Å². The van der Waals surface area contributed by atoms with E-state index in [1.165, 1.54) is 6.92 Å². The molecule has 1 aliphatic rings. The van der Waals surface area contributed by atoms with Crippen LogP contribution in [0.1, 0.15) is 23.6 Å². The van der Waals surface area contributed by atoms with Crippen molar-refractivity contribution in [3.8, 4) is 0 Å². The highest BCUT2D eigenvalue weighted by Gasteiger charge is 2.67. The standard InChI is InChI=1S/C29H33NO6/c1-21(31)30-27(32)26-29(34,18-23-13-7-3-8-14-23)28(33,17-22-11-5-2-6-12-22)25(36-26)20-35-19-24-15-9-4-10-16-24/h2-16,25-27,32-34H,17-20H2,1H3,(H,30,31)/t25-,26+,27?,28-,29-/m1/s1. The molecule has 4 N–H and O–H groups in total. The van der Waals surface area contributed by atoms with Crippen LogP contribution in [0.3, 0.4) is 0 Å². The summed E-state index contributed by atoms with van der Waals surface area (Å²) in [4.78, 5) is 11.7. The fourth-order valence-electron chi connectivity index (χ4n) is 4.92. The van der Waals surface area contributed by atoms with Crippen molar-refractivity contribution in [1.82, 2.24) is 5.32 Å². The number of rotatable bonds is 10. The lowest BCUT2D eigenvalue weighted by atomic mass is 9.71. The molecule has 0 bridgehead atoms. The molecule has 0 aromatic heterocycles. The summed E-state index contributed by atoms with van der Waals surface area (Å²) in [6.45, 7) is 1.53. The summed E-state index contributed by atoms with van der Waals surface area (Å²) in [6.07, 6.45) is -3.78. The lowest BCUT2D eigenvalue weighted by Crippen LogP contribution is -2.65. The molecule has 5 atom stereocenters. The van der Waals surface area contributed by atoms with E-state index in [-0.39, 0.29) is 26.1 Å². The fourth-order valence-corrected chi connectivity index (χ4v) is 4.92. The third-order valence-corrected chi connectivity index (χ3v) is 6.72. The zero-order valence-electron chi connectivity index (χ0n) is 20.3. The van der Waals surface area contributed by atoms with Crippen molar-refractivity contribution >= 4 is 5.91 Å². The molecule has 1 fully saturated rings. The Morgan fingerprint density at radius 2 is 1.33 bits per heavy atom. The average Bonchev–Trinajstić information content (AvgIpc) is 3.07. The second kappa shape index (κ2) is 11.3. The van der Waals surface area contributed by atoms with Gasteiger partial charge in [-0.05, 0) is 16.7 Å². The van der Waals surface area contributed by atoms with Crippen molar-refractivity contribution in [1.29, 1.82) is 0 Å². The molecule has 4 rings (SSSR count). The van der Waals surface area contributed by atoms with E-state index in [9.17, 15) is 20.1 Å². The van der Waals surface area contributed by atoms with Gasteiger partial charge in [-0.25, -0.2) is 0 Å². The molecule has 7 nitrogen and oxygen atoms in total. The minimum atomic E-state index is -1.95. The number of carbonyl (C=O) groups is 1. The molecule has 3 aromatic rings. The summed E-state index contributed by atoms with van der Waals surface area (Å²) in [7, 11) is 0. The van der Waals surface area contributed by atoms with Crippen molar-refractivity contribution in [2.45, 2.75) is 56.0 Å². The first-order valence-corrected chi connectivity index (χ1v) is 12.1. The average molecular weight is 492 g/mol. The highest BCUT2D eigenvalue weighted by atomic mass is 16.6. The Morgan fingerprint density at radius 3 is 1.83 bits per heavy atom. The van der Waals surface area contributed by atoms with Gasteiger partial charge < -0.3 is 30.1 Å². The van der Waals surface area contributed by atoms with E-state index in [2.05, 4.69) is 5.32 Å². The van der Waals surface area contributed by atoms with Gasteiger partial charge in [0.1, 0.15) is 23.4 Å². The van der Waals surface area contributed by atoms with Crippen LogP contribution in [0.15, 0.2) is 91.0 Å². The Labute approximate surface area is 211 Å². The van der Waals surface area contributed by atoms with Crippen molar-refractivity contribution < 1.29 is 29.6 Å². The summed E-state index contributed by atoms with van der Waals surface area (Å²) in [6, 6.07) is 28.1. The molecule has 1 heterocycles. The van der Waals surface area contributed by atoms with Crippen LogP contribution in [0.25, 0.3) is 0 Å². The number of hydrogen-bond donors (Lipinski definition) is 4. The zero-order valence-corrected chi connectivity index (χ0v) is 20.3. The number of aliphatic hydroxyl groups excluding tert-OH is 1. The molecule has 1 unspecified atom stereocenters. The molecular formula is C29H33NO6. The van der Waals surface area contributed by atoms with Crippen LogP contribution in [-0.2, 0) is 33.7 Å². The van der Waals surface area contributed by atoms with E-state index in [4.69, 9.17) is 9.47 Å². The molecule has 1 saturated heterocycles. The van der Waals surface area contributed by atoms with Gasteiger partial charge in [-0.3, -0.25) is 4.79 Å². The van der Waals surface area contributed by atoms with Gasteiger partial charge >= 0.3 is 0 Å². The maximum Gasteiger partial charge on any atom is 0.218 e. The molecule has 1 amide bonds. The lowest BCUT2D eigenvalue weighted by molar-refractivity contribution is -0.163. The summed E-state index contributed by atoms with van der Waals surface area (Å²) in [5.41, 5.74) is -1.30. The van der Waals surface area contributed by atoms with Gasteiger partial charge in [0, 0.05) is 19.8 Å². The number of amides is 1. The predicted molar refractivity (Wildman–Crippen MR) is 135 cm³/mol. The van der Waals surface area contributed by atoms with E-state index in [1.807, 2.05) is 91.0 Å². The van der Waals surface area contributed by atoms with E-state index in [0.29, 0.717) is 0 Å². The number of benzene rings is 3. The summed E-state index contributed by atoms with van der Waals surface area (Å²) < 4.78 is 12.1. The molecule has 7 heteroatoms. The quantitative estimate of drug-likeness (QED) is 0.325. The third-order valence-electron chi connectivity index (χ3n) is 6.72. The molecule has 0 saturated carbocycles. The molecular weight excluding hydrogens is 458 g/mol. The van der Waals surface area contributed by atoms with Crippen LogP contribution in [0.2, 0.25) is 0 Å². The van der Waals surface area contributed by atoms with Crippen LogP contribution in [0.5, 0.6) is 0 Å². The number of nitrogens with one attached hydrogen (secondary N) is 1. The lowest BCUT2D eigenvalue weighted by Gasteiger charge is -2.42. The summed E-state index contributed by atoms with van der Waals surface area (Å²) in [5, 5.41) is 37.8. The fraction of sp³-hybridized carbons (Fsp3) is 0.345. The second-order valence-electron chi connectivity index (χ2n) is 9.36. The molecule has 1 aliphatic heterocycles. The van der Waals surface area contributed by atoms with E-state index < -0.39 is 35.5 Å². The Bertz CT molecular complexity index is 1110. The van der Waals surface area contributed by atoms with Crippen molar-refractivity contribution in [2.75, 3.05) is 6.61 Å². The molecule has 36 heavy (non-hydrogen) atoms. The Morgan fingerprint density at radius 1 is 0.861 bits per heavy atom. The Kier molecular flexibility index (Phi) is 8.18.